The summed E-state index contributed by atoms with van der Waals surface area (Å²) < 4.78 is 26.7. The standard InChI is InChI=1S/C14H10BrF2NO/c15-11-7-9(16)5-4-8(11)6-13(19)10-2-1-3-12(17)14(10)18/h1-5,7H,6,18H2. The molecule has 0 spiro atoms. The van der Waals surface area contributed by atoms with E-state index in [2.05, 4.69) is 15.9 Å². The van der Waals surface area contributed by atoms with Gasteiger partial charge in [-0.3, -0.25) is 4.79 Å². The molecule has 0 unspecified atom stereocenters. The molecule has 0 aromatic heterocycles. The largest absolute Gasteiger partial charge is 0.396 e. The van der Waals surface area contributed by atoms with Crippen LogP contribution in [0.4, 0.5) is 14.5 Å². The molecule has 0 radical (unpaired) electrons. The average molecular weight is 326 g/mol. The Labute approximate surface area is 117 Å². The highest BCUT2D eigenvalue weighted by atomic mass is 79.9. The third-order valence-electron chi connectivity index (χ3n) is 2.72. The van der Waals surface area contributed by atoms with Gasteiger partial charge in [-0.1, -0.05) is 28.1 Å². The molecule has 0 aliphatic heterocycles. The third kappa shape index (κ3) is 2.98. The molecule has 0 heterocycles. The summed E-state index contributed by atoms with van der Waals surface area (Å²) in [5, 5.41) is 0. The average Bonchev–Trinajstić information content (AvgIpc) is 2.36. The van der Waals surface area contributed by atoms with Gasteiger partial charge < -0.3 is 5.73 Å². The molecule has 2 rings (SSSR count). The van der Waals surface area contributed by atoms with Crippen molar-refractivity contribution >= 4 is 27.4 Å². The molecule has 0 aliphatic carbocycles. The van der Waals surface area contributed by atoms with Gasteiger partial charge in [-0.15, -0.1) is 0 Å². The fourth-order valence-electron chi connectivity index (χ4n) is 1.71. The van der Waals surface area contributed by atoms with E-state index in [4.69, 9.17) is 5.73 Å². The van der Waals surface area contributed by atoms with Crippen molar-refractivity contribution in [3.63, 3.8) is 0 Å². The molecule has 0 saturated carbocycles. The minimum Gasteiger partial charge on any atom is -0.396 e. The molecule has 2 nitrogen and oxygen atoms in total. The van der Waals surface area contributed by atoms with E-state index in [1.165, 1.54) is 36.4 Å². The zero-order chi connectivity index (χ0) is 14.0. The van der Waals surface area contributed by atoms with Crippen molar-refractivity contribution in [2.24, 2.45) is 0 Å². The first kappa shape index (κ1) is 13.7. The number of hydrogen-bond acceptors (Lipinski definition) is 2. The monoisotopic (exact) mass is 325 g/mol. The number of Topliss-reactive ketones (excluding diaryl/α,β-unsaturated/α-hetero) is 1. The van der Waals surface area contributed by atoms with Crippen LogP contribution in [0.2, 0.25) is 0 Å². The topological polar surface area (TPSA) is 43.1 Å². The maximum atomic E-state index is 13.3. The van der Waals surface area contributed by atoms with Gasteiger partial charge in [0.15, 0.2) is 5.78 Å². The highest BCUT2D eigenvalue weighted by molar-refractivity contribution is 9.10. The molecular weight excluding hydrogens is 316 g/mol. The summed E-state index contributed by atoms with van der Waals surface area (Å²) in [6.07, 6.45) is 0.0223. The number of ketones is 1. The Kier molecular flexibility index (Phi) is 3.95. The van der Waals surface area contributed by atoms with Crippen LogP contribution in [0.5, 0.6) is 0 Å². The molecule has 5 heteroatoms. The summed E-state index contributed by atoms with van der Waals surface area (Å²) in [4.78, 5) is 12.1. The number of carbonyl (C=O) groups excluding carboxylic acids is 1. The van der Waals surface area contributed by atoms with Gasteiger partial charge in [-0.05, 0) is 29.8 Å². The zero-order valence-electron chi connectivity index (χ0n) is 9.79. The van der Waals surface area contributed by atoms with Gasteiger partial charge in [0.05, 0.1) is 5.69 Å². The van der Waals surface area contributed by atoms with Gasteiger partial charge in [0, 0.05) is 16.5 Å². The number of benzene rings is 2. The lowest BCUT2D eigenvalue weighted by Gasteiger charge is -2.07. The second-order valence-electron chi connectivity index (χ2n) is 4.04. The van der Waals surface area contributed by atoms with Gasteiger partial charge in [-0.2, -0.15) is 0 Å². The van der Waals surface area contributed by atoms with Gasteiger partial charge in [0.25, 0.3) is 0 Å². The first-order valence-electron chi connectivity index (χ1n) is 5.50. The lowest BCUT2D eigenvalue weighted by Crippen LogP contribution is -2.08. The molecular formula is C14H10BrF2NO. The van der Waals surface area contributed by atoms with Crippen molar-refractivity contribution in [2.75, 3.05) is 5.73 Å². The number of nitrogens with two attached hydrogens (primary N) is 1. The van der Waals surface area contributed by atoms with E-state index in [1.807, 2.05) is 0 Å². The number of hydrogen-bond donors (Lipinski definition) is 1. The van der Waals surface area contributed by atoms with E-state index >= 15 is 0 Å². The molecule has 19 heavy (non-hydrogen) atoms. The fraction of sp³-hybridized carbons (Fsp3) is 0.0714. The van der Waals surface area contributed by atoms with Crippen LogP contribution < -0.4 is 5.73 Å². The maximum Gasteiger partial charge on any atom is 0.169 e. The Bertz CT molecular complexity index is 643. The second-order valence-corrected chi connectivity index (χ2v) is 4.89. The number of nitrogen functional groups attached to an aromatic ring is 1. The third-order valence-corrected chi connectivity index (χ3v) is 3.46. The molecule has 0 saturated heterocycles. The predicted octanol–water partition coefficient (Wildman–Crippen LogP) is 3.73. The molecule has 2 aromatic carbocycles. The smallest absolute Gasteiger partial charge is 0.169 e. The molecule has 0 bridgehead atoms. The van der Waals surface area contributed by atoms with Crippen LogP contribution in [0.15, 0.2) is 40.9 Å². The minimum atomic E-state index is -0.621. The van der Waals surface area contributed by atoms with Crippen molar-refractivity contribution in [3.8, 4) is 0 Å². The summed E-state index contributed by atoms with van der Waals surface area (Å²) in [6, 6.07) is 8.14. The van der Waals surface area contributed by atoms with E-state index < -0.39 is 11.6 Å². The van der Waals surface area contributed by atoms with Gasteiger partial charge in [0.2, 0.25) is 0 Å². The van der Waals surface area contributed by atoms with E-state index in [0.717, 1.165) is 0 Å². The molecule has 0 atom stereocenters. The number of para-hydroxylation sites is 1. The van der Waals surface area contributed by atoms with Gasteiger partial charge in [-0.25, -0.2) is 8.78 Å². The number of anilines is 1. The van der Waals surface area contributed by atoms with Gasteiger partial charge in [0.1, 0.15) is 11.6 Å². The Morgan fingerprint density at radius 3 is 2.63 bits per heavy atom. The Balaban J connectivity index is 2.28. The summed E-state index contributed by atoms with van der Waals surface area (Å²) >= 11 is 3.18. The SMILES string of the molecule is Nc1c(F)cccc1C(=O)Cc1ccc(F)cc1Br. The van der Waals surface area contributed by atoms with Crippen LogP contribution in [-0.2, 0) is 6.42 Å². The van der Waals surface area contributed by atoms with Crippen LogP contribution in [0.25, 0.3) is 0 Å². The molecule has 98 valence electrons. The number of halogens is 3. The van der Waals surface area contributed by atoms with E-state index in [9.17, 15) is 13.6 Å². The normalized spacial score (nSPS) is 10.5. The predicted molar refractivity (Wildman–Crippen MR) is 72.9 cm³/mol. The number of carbonyl (C=O) groups is 1. The summed E-state index contributed by atoms with van der Waals surface area (Å²) in [6.45, 7) is 0. The quantitative estimate of drug-likeness (QED) is 0.690. The highest BCUT2D eigenvalue weighted by Gasteiger charge is 2.14. The van der Waals surface area contributed by atoms with Crippen LogP contribution >= 0.6 is 15.9 Å². The maximum absolute atomic E-state index is 13.3. The van der Waals surface area contributed by atoms with E-state index in [-0.39, 0.29) is 23.5 Å². The van der Waals surface area contributed by atoms with Crippen LogP contribution in [0, 0.1) is 11.6 Å². The zero-order valence-corrected chi connectivity index (χ0v) is 11.4. The van der Waals surface area contributed by atoms with Crippen LogP contribution in [-0.4, -0.2) is 5.78 Å². The van der Waals surface area contributed by atoms with Crippen molar-refractivity contribution in [3.05, 3.63) is 63.6 Å². The number of rotatable bonds is 3. The lowest BCUT2D eigenvalue weighted by atomic mass is 10.0. The molecule has 0 fully saturated rings. The van der Waals surface area contributed by atoms with Crippen molar-refractivity contribution < 1.29 is 13.6 Å². The van der Waals surface area contributed by atoms with Gasteiger partial charge >= 0.3 is 0 Å². The minimum absolute atomic E-state index is 0.0223. The summed E-state index contributed by atoms with van der Waals surface area (Å²) in [5.41, 5.74) is 6.13. The Hall–Kier alpha value is -1.75. The summed E-state index contributed by atoms with van der Waals surface area (Å²) in [7, 11) is 0. The first-order chi connectivity index (χ1) is 8.99. The van der Waals surface area contributed by atoms with Crippen LogP contribution in [0.1, 0.15) is 15.9 Å². The Morgan fingerprint density at radius 2 is 1.95 bits per heavy atom. The lowest BCUT2D eigenvalue weighted by molar-refractivity contribution is 0.0993. The first-order valence-corrected chi connectivity index (χ1v) is 6.29. The fourth-order valence-corrected chi connectivity index (χ4v) is 2.20. The van der Waals surface area contributed by atoms with E-state index in [0.29, 0.717) is 10.0 Å². The van der Waals surface area contributed by atoms with Crippen LogP contribution in [0.3, 0.4) is 0 Å². The highest BCUT2D eigenvalue weighted by Crippen LogP contribution is 2.22. The molecule has 2 aromatic rings. The van der Waals surface area contributed by atoms with Crippen molar-refractivity contribution in [1.82, 2.24) is 0 Å². The van der Waals surface area contributed by atoms with Crippen molar-refractivity contribution in [1.29, 1.82) is 0 Å². The summed E-state index contributed by atoms with van der Waals surface area (Å²) in [5.74, 6) is -1.33. The molecule has 2 N–H and O–H groups in total. The second kappa shape index (κ2) is 5.48. The molecule has 0 amide bonds. The Morgan fingerprint density at radius 1 is 1.21 bits per heavy atom. The van der Waals surface area contributed by atoms with E-state index in [1.54, 1.807) is 0 Å². The van der Waals surface area contributed by atoms with Crippen molar-refractivity contribution in [2.45, 2.75) is 6.42 Å². The molecule has 0 aliphatic rings.